The third kappa shape index (κ3) is 3.12. The average molecular weight is 478 g/mol. The average Bonchev–Trinajstić information content (AvgIpc) is 3.46. The molecular weight excluding hydrogens is 449 g/mol. The van der Waals surface area contributed by atoms with Crippen LogP contribution in [0, 0.1) is 0 Å². The predicted molar refractivity (Wildman–Crippen MR) is 143 cm³/mol. The van der Waals surface area contributed by atoms with Crippen molar-refractivity contribution in [3.63, 3.8) is 0 Å². The van der Waals surface area contributed by atoms with E-state index in [9.17, 15) is 0 Å². The zero-order valence-electron chi connectivity index (χ0n) is 20.1. The second kappa shape index (κ2) is 7.95. The molecule has 0 atom stereocenters. The number of benzene rings is 4. The first kappa shape index (κ1) is 21.2. The van der Waals surface area contributed by atoms with Crippen LogP contribution in [0.2, 0.25) is 0 Å². The molecule has 2 aliphatic carbocycles. The molecule has 1 spiro atoms. The second-order valence-electron chi connectivity index (χ2n) is 10.0. The van der Waals surface area contributed by atoms with Gasteiger partial charge in [-0.2, -0.15) is 0 Å². The van der Waals surface area contributed by atoms with Gasteiger partial charge in [-0.3, -0.25) is 0 Å². The van der Waals surface area contributed by atoms with Crippen molar-refractivity contribution in [2.75, 3.05) is 14.1 Å². The molecule has 4 heteroatoms. The van der Waals surface area contributed by atoms with Crippen LogP contribution in [-0.4, -0.2) is 18.8 Å². The largest absolute Gasteiger partial charge is 0.427 e. The fourth-order valence-corrected chi connectivity index (χ4v) is 7.53. The van der Waals surface area contributed by atoms with Gasteiger partial charge >= 0.3 is 8.53 Å². The van der Waals surface area contributed by atoms with Crippen molar-refractivity contribution in [2.24, 2.45) is 0 Å². The maximum absolute atomic E-state index is 6.67. The highest BCUT2D eigenvalue weighted by molar-refractivity contribution is 7.45. The highest BCUT2D eigenvalue weighted by Crippen LogP contribution is 2.63. The van der Waals surface area contributed by atoms with Crippen molar-refractivity contribution in [2.45, 2.75) is 31.1 Å². The van der Waals surface area contributed by atoms with Gasteiger partial charge in [0.05, 0.1) is 0 Å². The second-order valence-corrected chi connectivity index (χ2v) is 11.7. The highest BCUT2D eigenvalue weighted by Gasteiger charge is 2.51. The van der Waals surface area contributed by atoms with Gasteiger partial charge in [0.25, 0.3) is 0 Å². The zero-order valence-corrected chi connectivity index (χ0v) is 21.0. The van der Waals surface area contributed by atoms with E-state index in [2.05, 4.69) is 89.6 Å². The molecule has 7 rings (SSSR count). The summed E-state index contributed by atoms with van der Waals surface area (Å²) in [6.07, 6.45) is 4.32. The molecule has 3 nitrogen and oxygen atoms in total. The molecule has 35 heavy (non-hydrogen) atoms. The van der Waals surface area contributed by atoms with Gasteiger partial charge in [0.2, 0.25) is 0 Å². The van der Waals surface area contributed by atoms with Crippen LogP contribution in [0.25, 0.3) is 22.3 Å². The summed E-state index contributed by atoms with van der Waals surface area (Å²) < 4.78 is 15.4. The summed E-state index contributed by atoms with van der Waals surface area (Å²) in [6, 6.07) is 30.5. The molecule has 0 radical (unpaired) electrons. The number of rotatable bonds is 3. The maximum atomic E-state index is 6.67. The molecule has 0 fully saturated rings. The minimum atomic E-state index is -1.25. The van der Waals surface area contributed by atoms with Crippen LogP contribution in [0.3, 0.4) is 0 Å². The van der Waals surface area contributed by atoms with E-state index in [1.54, 1.807) is 0 Å². The van der Waals surface area contributed by atoms with E-state index >= 15 is 0 Å². The number of hydrogen-bond donors (Lipinski definition) is 0. The lowest BCUT2D eigenvalue weighted by Crippen LogP contribution is -2.26. The van der Waals surface area contributed by atoms with Crippen molar-refractivity contribution in [1.82, 2.24) is 4.67 Å². The topological polar surface area (TPSA) is 21.7 Å². The van der Waals surface area contributed by atoms with Crippen LogP contribution in [0.5, 0.6) is 11.5 Å². The summed E-state index contributed by atoms with van der Waals surface area (Å²) in [5.41, 5.74) is 10.9. The monoisotopic (exact) mass is 477 g/mol. The van der Waals surface area contributed by atoms with E-state index in [0.29, 0.717) is 0 Å². The summed E-state index contributed by atoms with van der Waals surface area (Å²) in [5, 5.41) is 0. The van der Waals surface area contributed by atoms with Gasteiger partial charge < -0.3 is 9.05 Å². The Labute approximate surface area is 208 Å². The molecule has 4 aromatic carbocycles. The molecule has 1 heterocycles. The van der Waals surface area contributed by atoms with Gasteiger partial charge in [-0.15, -0.1) is 0 Å². The third-order valence-electron chi connectivity index (χ3n) is 7.96. The summed E-state index contributed by atoms with van der Waals surface area (Å²) in [7, 11) is 2.83. The Morgan fingerprint density at radius 1 is 0.629 bits per heavy atom. The molecule has 1 aliphatic heterocycles. The molecule has 174 valence electrons. The smallest absolute Gasteiger partial charge is 0.384 e. The summed E-state index contributed by atoms with van der Waals surface area (Å²) in [4.78, 5) is 0. The molecule has 0 saturated carbocycles. The molecule has 0 saturated heterocycles. The molecule has 0 aromatic heterocycles. The summed E-state index contributed by atoms with van der Waals surface area (Å²) >= 11 is 0. The number of nitrogens with zero attached hydrogens (tertiary/aromatic N) is 1. The van der Waals surface area contributed by atoms with Gasteiger partial charge in [-0.1, -0.05) is 72.8 Å². The van der Waals surface area contributed by atoms with E-state index in [4.69, 9.17) is 9.05 Å². The van der Waals surface area contributed by atoms with E-state index in [1.807, 2.05) is 14.1 Å². The van der Waals surface area contributed by atoms with Gasteiger partial charge in [0.15, 0.2) is 0 Å². The van der Waals surface area contributed by atoms with Crippen LogP contribution in [-0.2, 0) is 18.3 Å². The van der Waals surface area contributed by atoms with E-state index < -0.39 is 8.53 Å². The Morgan fingerprint density at radius 3 is 1.51 bits per heavy atom. The molecule has 4 aromatic rings. The van der Waals surface area contributed by atoms with Gasteiger partial charge in [-0.05, 0) is 85.3 Å². The minimum absolute atomic E-state index is 0.0569. The predicted octanol–water partition coefficient (Wildman–Crippen LogP) is 7.76. The first-order valence-corrected chi connectivity index (χ1v) is 13.6. The molecule has 0 unspecified atom stereocenters. The van der Waals surface area contributed by atoms with Crippen LogP contribution < -0.4 is 9.05 Å². The molecule has 0 bridgehead atoms. The van der Waals surface area contributed by atoms with Gasteiger partial charge in [-0.25, -0.2) is 4.67 Å². The lowest BCUT2D eigenvalue weighted by Gasteiger charge is -2.35. The Bertz CT molecular complexity index is 1320. The van der Waals surface area contributed by atoms with Crippen molar-refractivity contribution >= 4 is 8.53 Å². The maximum Gasteiger partial charge on any atom is 0.384 e. The van der Waals surface area contributed by atoms with E-state index in [-0.39, 0.29) is 5.41 Å². The quantitative estimate of drug-likeness (QED) is 0.282. The fraction of sp³-hybridized carbons (Fsp3) is 0.226. The standard InChI is InChI=1S/C31H28NO2P/c1-32(2)35-33-27-15-13-23(21-9-5-3-6-10-21)25-17-19-31(29(25)27)20-18-26-24(22-11-7-4-8-12-22)14-16-28(34-35)30(26)31/h3-16H,17-20H2,1-2H3. The normalized spacial score (nSPS) is 17.2. The number of hydrogen-bond acceptors (Lipinski definition) is 3. The molecule has 3 aliphatic rings. The van der Waals surface area contributed by atoms with Crippen LogP contribution >= 0.6 is 8.53 Å². The van der Waals surface area contributed by atoms with Gasteiger partial charge in [0.1, 0.15) is 11.5 Å². The minimum Gasteiger partial charge on any atom is -0.427 e. The first-order valence-electron chi connectivity index (χ1n) is 12.4. The van der Waals surface area contributed by atoms with E-state index in [1.165, 1.54) is 44.5 Å². The fourth-order valence-electron chi connectivity index (χ4n) is 6.53. The Balaban J connectivity index is 1.51. The highest BCUT2D eigenvalue weighted by atomic mass is 31.2. The first-order chi connectivity index (χ1) is 17.2. The van der Waals surface area contributed by atoms with Crippen LogP contribution in [0.1, 0.15) is 35.1 Å². The van der Waals surface area contributed by atoms with E-state index in [0.717, 1.165) is 37.2 Å². The lowest BCUT2D eigenvalue weighted by molar-refractivity contribution is 0.387. The molecular formula is C31H28NO2P. The van der Waals surface area contributed by atoms with Crippen LogP contribution in [0.4, 0.5) is 0 Å². The zero-order chi connectivity index (χ0) is 23.6. The van der Waals surface area contributed by atoms with Crippen molar-refractivity contribution in [1.29, 1.82) is 0 Å². The molecule has 0 N–H and O–H groups in total. The lowest BCUT2D eigenvalue weighted by atomic mass is 9.75. The molecule has 0 amide bonds. The Morgan fingerprint density at radius 2 is 1.09 bits per heavy atom. The summed E-state index contributed by atoms with van der Waals surface area (Å²) in [5.74, 6) is 2.00. The van der Waals surface area contributed by atoms with Crippen molar-refractivity contribution in [3.05, 3.63) is 107 Å². The van der Waals surface area contributed by atoms with Crippen molar-refractivity contribution < 1.29 is 9.05 Å². The SMILES string of the molecule is CN(C)P1Oc2ccc(-c3ccccc3)c3c2C2(CC3)CCc3c(-c4ccccc4)ccc(c32)O1. The Kier molecular flexibility index (Phi) is 4.81. The Hall–Kier alpha value is -3.13. The summed E-state index contributed by atoms with van der Waals surface area (Å²) in [6.45, 7) is 0. The van der Waals surface area contributed by atoms with Crippen molar-refractivity contribution in [3.8, 4) is 33.8 Å². The van der Waals surface area contributed by atoms with Gasteiger partial charge in [0, 0.05) is 16.5 Å². The third-order valence-corrected chi connectivity index (χ3v) is 9.32. The van der Waals surface area contributed by atoms with Crippen LogP contribution in [0.15, 0.2) is 84.9 Å².